The zero-order valence-corrected chi connectivity index (χ0v) is 17.7. The maximum Gasteiger partial charge on any atom is 0.219 e. The summed E-state index contributed by atoms with van der Waals surface area (Å²) in [6, 6.07) is 23.9. The lowest BCUT2D eigenvalue weighted by molar-refractivity contribution is 0.163. The highest BCUT2D eigenvalue weighted by atomic mass is 16.5. The van der Waals surface area contributed by atoms with Crippen LogP contribution in [0.4, 0.5) is 0 Å². The van der Waals surface area contributed by atoms with Crippen LogP contribution in [0.15, 0.2) is 83.4 Å². The number of rotatable bonds is 7. The van der Waals surface area contributed by atoms with E-state index in [4.69, 9.17) is 19.1 Å². The lowest BCUT2D eigenvalue weighted by Gasteiger charge is -2.08. The van der Waals surface area contributed by atoms with Gasteiger partial charge in [0.05, 0.1) is 17.8 Å². The molecule has 6 nitrogen and oxygen atoms in total. The van der Waals surface area contributed by atoms with Crippen LogP contribution in [0.2, 0.25) is 0 Å². The van der Waals surface area contributed by atoms with Crippen LogP contribution >= 0.6 is 0 Å². The van der Waals surface area contributed by atoms with E-state index in [1.54, 1.807) is 11.5 Å². The third kappa shape index (κ3) is 4.00. The quantitative estimate of drug-likeness (QED) is 0.396. The van der Waals surface area contributed by atoms with Crippen molar-refractivity contribution < 1.29 is 14.3 Å². The van der Waals surface area contributed by atoms with Crippen LogP contribution in [0, 0.1) is 0 Å². The molecule has 0 amide bonds. The van der Waals surface area contributed by atoms with Gasteiger partial charge < -0.3 is 14.3 Å². The average molecular weight is 425 g/mol. The Morgan fingerprint density at radius 1 is 0.844 bits per heavy atom. The molecule has 3 aromatic heterocycles. The maximum absolute atomic E-state index is 11.0. The second kappa shape index (κ2) is 8.69. The summed E-state index contributed by atoms with van der Waals surface area (Å²) in [4.78, 5) is 9.67. The highest BCUT2D eigenvalue weighted by Crippen LogP contribution is 2.28. The summed E-state index contributed by atoms with van der Waals surface area (Å²) in [5, 5.41) is 11.0. The predicted octanol–water partition coefficient (Wildman–Crippen LogP) is 5.02. The molecule has 0 saturated heterocycles. The lowest BCUT2D eigenvalue weighted by atomic mass is 10.1. The molecule has 5 rings (SSSR count). The standard InChI is InChI=1S/C26H23N3O3/c1-31-17-21-13-12-20(32-21)15-23-26(30)29-16-24(19-10-6-3-7-11-19)27-22(25(29)28-23)14-18-8-4-2-5-9-18/h2-13,16,30H,14-15,17H2,1H3. The Bertz CT molecular complexity index is 1340. The van der Waals surface area contributed by atoms with Crippen LogP contribution in [-0.4, -0.2) is 26.6 Å². The zero-order valence-electron chi connectivity index (χ0n) is 17.7. The van der Waals surface area contributed by atoms with Gasteiger partial charge in [0.15, 0.2) is 5.65 Å². The minimum absolute atomic E-state index is 0.0959. The van der Waals surface area contributed by atoms with Crippen molar-refractivity contribution in [2.24, 2.45) is 0 Å². The largest absolute Gasteiger partial charge is 0.493 e. The summed E-state index contributed by atoms with van der Waals surface area (Å²) >= 11 is 0. The Labute approximate surface area is 185 Å². The van der Waals surface area contributed by atoms with Crippen molar-refractivity contribution in [1.29, 1.82) is 0 Å². The second-order valence-electron chi connectivity index (χ2n) is 7.65. The van der Waals surface area contributed by atoms with E-state index in [1.165, 1.54) is 0 Å². The Morgan fingerprint density at radius 3 is 2.31 bits per heavy atom. The third-order valence-electron chi connectivity index (χ3n) is 5.35. The molecular formula is C26H23N3O3. The van der Waals surface area contributed by atoms with Crippen LogP contribution in [0.5, 0.6) is 5.88 Å². The van der Waals surface area contributed by atoms with Gasteiger partial charge in [0, 0.05) is 25.3 Å². The fourth-order valence-electron chi connectivity index (χ4n) is 3.82. The summed E-state index contributed by atoms with van der Waals surface area (Å²) in [7, 11) is 1.63. The molecule has 0 spiro atoms. The molecule has 0 unspecified atom stereocenters. The topological polar surface area (TPSA) is 72.8 Å². The monoisotopic (exact) mass is 425 g/mol. The molecule has 3 heterocycles. The molecule has 0 saturated carbocycles. The number of ether oxygens (including phenoxy) is 1. The van der Waals surface area contributed by atoms with Gasteiger partial charge in [0.1, 0.15) is 23.8 Å². The van der Waals surface area contributed by atoms with Gasteiger partial charge in [-0.15, -0.1) is 0 Å². The van der Waals surface area contributed by atoms with E-state index < -0.39 is 0 Å². The highest BCUT2D eigenvalue weighted by molar-refractivity contribution is 5.63. The fourth-order valence-corrected chi connectivity index (χ4v) is 3.82. The Kier molecular flexibility index (Phi) is 5.44. The van der Waals surface area contributed by atoms with E-state index in [2.05, 4.69) is 12.1 Å². The van der Waals surface area contributed by atoms with Crippen molar-refractivity contribution in [1.82, 2.24) is 14.4 Å². The second-order valence-corrected chi connectivity index (χ2v) is 7.65. The Morgan fingerprint density at radius 2 is 1.56 bits per heavy atom. The summed E-state index contributed by atoms with van der Waals surface area (Å²) in [5.41, 5.74) is 4.89. The summed E-state index contributed by atoms with van der Waals surface area (Å²) in [5.74, 6) is 1.55. The molecule has 32 heavy (non-hydrogen) atoms. The molecule has 0 fully saturated rings. The van der Waals surface area contributed by atoms with Crippen molar-refractivity contribution in [3.8, 4) is 17.1 Å². The van der Waals surface area contributed by atoms with Gasteiger partial charge in [-0.1, -0.05) is 60.7 Å². The van der Waals surface area contributed by atoms with Gasteiger partial charge in [-0.05, 0) is 17.7 Å². The fraction of sp³-hybridized carbons (Fsp3) is 0.154. The normalized spacial score (nSPS) is 11.3. The number of aromatic nitrogens is 3. The number of nitrogens with zero attached hydrogens (tertiary/aromatic N) is 3. The SMILES string of the molecule is COCc1ccc(Cc2nc3c(Cc4ccccc4)nc(-c4ccccc4)cn3c2O)o1. The molecule has 1 N–H and O–H groups in total. The van der Waals surface area contributed by atoms with Crippen LogP contribution in [0.1, 0.15) is 28.5 Å². The summed E-state index contributed by atoms with van der Waals surface area (Å²) < 4.78 is 12.6. The number of hydrogen-bond donors (Lipinski definition) is 1. The maximum atomic E-state index is 11.0. The molecule has 0 aliphatic heterocycles. The number of furan rings is 1. The molecule has 0 aliphatic rings. The van der Waals surface area contributed by atoms with Crippen molar-refractivity contribution in [3.05, 3.63) is 107 Å². The van der Waals surface area contributed by atoms with Crippen molar-refractivity contribution in [3.63, 3.8) is 0 Å². The predicted molar refractivity (Wildman–Crippen MR) is 122 cm³/mol. The molecule has 0 aliphatic carbocycles. The first-order chi connectivity index (χ1) is 15.7. The summed E-state index contributed by atoms with van der Waals surface area (Å²) in [6.07, 6.45) is 2.83. The van der Waals surface area contributed by atoms with E-state index >= 15 is 0 Å². The molecule has 5 aromatic rings. The van der Waals surface area contributed by atoms with Gasteiger partial charge in [-0.3, -0.25) is 4.40 Å². The molecule has 0 bridgehead atoms. The smallest absolute Gasteiger partial charge is 0.219 e. The van der Waals surface area contributed by atoms with Crippen molar-refractivity contribution >= 4 is 5.65 Å². The number of methoxy groups -OCH3 is 1. The molecular weight excluding hydrogens is 402 g/mol. The van der Waals surface area contributed by atoms with Crippen LogP contribution in [0.25, 0.3) is 16.9 Å². The van der Waals surface area contributed by atoms with E-state index in [9.17, 15) is 5.11 Å². The van der Waals surface area contributed by atoms with Crippen LogP contribution in [0.3, 0.4) is 0 Å². The van der Waals surface area contributed by atoms with Crippen molar-refractivity contribution in [2.45, 2.75) is 19.4 Å². The van der Waals surface area contributed by atoms with Crippen LogP contribution < -0.4 is 0 Å². The number of imidazole rings is 1. The number of aromatic hydroxyl groups is 1. The van der Waals surface area contributed by atoms with Gasteiger partial charge >= 0.3 is 0 Å². The van der Waals surface area contributed by atoms with Gasteiger partial charge in [-0.2, -0.15) is 0 Å². The summed E-state index contributed by atoms with van der Waals surface area (Å²) in [6.45, 7) is 0.405. The van der Waals surface area contributed by atoms with Crippen LogP contribution in [-0.2, 0) is 24.2 Å². The molecule has 6 heteroatoms. The number of benzene rings is 2. The van der Waals surface area contributed by atoms with Gasteiger partial charge in [0.25, 0.3) is 0 Å². The molecule has 0 atom stereocenters. The van der Waals surface area contributed by atoms with Gasteiger partial charge in [0.2, 0.25) is 5.88 Å². The number of hydrogen-bond acceptors (Lipinski definition) is 5. The first-order valence-corrected chi connectivity index (χ1v) is 10.5. The van der Waals surface area contributed by atoms with Gasteiger partial charge in [-0.25, -0.2) is 9.97 Å². The van der Waals surface area contributed by atoms with E-state index in [1.807, 2.05) is 66.9 Å². The lowest BCUT2D eigenvalue weighted by Crippen LogP contribution is -2.00. The average Bonchev–Trinajstić information content (AvgIpc) is 3.40. The van der Waals surface area contributed by atoms with E-state index in [0.29, 0.717) is 30.8 Å². The van der Waals surface area contributed by atoms with E-state index in [0.717, 1.165) is 34.0 Å². The zero-order chi connectivity index (χ0) is 21.9. The van der Waals surface area contributed by atoms with Crippen molar-refractivity contribution in [2.75, 3.05) is 7.11 Å². The molecule has 160 valence electrons. The minimum Gasteiger partial charge on any atom is -0.493 e. The molecule has 0 radical (unpaired) electrons. The third-order valence-corrected chi connectivity index (χ3v) is 5.35. The first kappa shape index (κ1) is 20.0. The first-order valence-electron chi connectivity index (χ1n) is 10.5. The van der Waals surface area contributed by atoms with E-state index in [-0.39, 0.29) is 5.88 Å². The highest BCUT2D eigenvalue weighted by Gasteiger charge is 2.19. The number of fused-ring (bicyclic) bond motifs is 1. The molecule has 2 aromatic carbocycles. The Balaban J connectivity index is 1.59. The Hall–Kier alpha value is -3.90. The minimum atomic E-state index is 0.0959.